The van der Waals surface area contributed by atoms with Crippen LogP contribution in [-0.2, 0) is 4.74 Å². The molecule has 1 aliphatic heterocycles. The Labute approximate surface area is 122 Å². The standard InChI is InChI=1S/C12H12FN5O4/c1-2-11(21)3-12(13,4-19)22-9(11)18-5-15-6-7(18)16-10(14)17-8(6)20/h1,5,9,19,21H,3-4H2,(H3,14,16,17,20). The highest BCUT2D eigenvalue weighted by Gasteiger charge is 2.56. The van der Waals surface area contributed by atoms with Crippen molar-refractivity contribution in [3.63, 3.8) is 0 Å². The van der Waals surface area contributed by atoms with Crippen molar-refractivity contribution in [2.75, 3.05) is 12.3 Å². The molecular formula is C12H12FN5O4. The van der Waals surface area contributed by atoms with E-state index in [2.05, 4.69) is 15.0 Å². The number of terminal acetylenes is 1. The SMILES string of the molecule is C#CC1(O)CC(F)(CO)OC1n1cnc2c(=O)[nH]c(N)nc21. The van der Waals surface area contributed by atoms with Gasteiger partial charge in [-0.1, -0.05) is 5.92 Å². The fraction of sp³-hybridized carbons (Fsp3) is 0.417. The lowest BCUT2D eigenvalue weighted by molar-refractivity contribution is -0.181. The summed E-state index contributed by atoms with van der Waals surface area (Å²) in [6.45, 7) is -0.990. The zero-order chi connectivity index (χ0) is 16.1. The smallest absolute Gasteiger partial charge is 0.280 e. The Balaban J connectivity index is 2.19. The normalized spacial score (nSPS) is 31.5. The van der Waals surface area contributed by atoms with Crippen LogP contribution in [-0.4, -0.2) is 47.8 Å². The molecule has 0 aliphatic carbocycles. The molecule has 0 amide bonds. The average molecular weight is 309 g/mol. The molecular weight excluding hydrogens is 297 g/mol. The molecule has 0 spiro atoms. The van der Waals surface area contributed by atoms with Crippen molar-refractivity contribution in [1.29, 1.82) is 0 Å². The van der Waals surface area contributed by atoms with Gasteiger partial charge in [-0.25, -0.2) is 9.37 Å². The van der Waals surface area contributed by atoms with E-state index in [9.17, 15) is 14.3 Å². The summed E-state index contributed by atoms with van der Waals surface area (Å²) in [6, 6.07) is 0. The quantitative estimate of drug-likeness (QED) is 0.502. The summed E-state index contributed by atoms with van der Waals surface area (Å²) in [5.74, 6) is -0.656. The second kappa shape index (κ2) is 4.51. The maximum atomic E-state index is 14.3. The Morgan fingerprint density at radius 2 is 2.45 bits per heavy atom. The highest BCUT2D eigenvalue weighted by atomic mass is 19.2. The number of nitrogen functional groups attached to an aromatic ring is 1. The number of H-pyrrole nitrogens is 1. The molecule has 116 valence electrons. The zero-order valence-electron chi connectivity index (χ0n) is 11.2. The molecule has 3 atom stereocenters. The molecule has 1 fully saturated rings. The summed E-state index contributed by atoms with van der Waals surface area (Å²) in [5.41, 5.74) is 2.72. The molecule has 3 unspecified atom stereocenters. The van der Waals surface area contributed by atoms with Gasteiger partial charge < -0.3 is 20.7 Å². The van der Waals surface area contributed by atoms with Crippen LogP contribution in [0.15, 0.2) is 11.1 Å². The lowest BCUT2D eigenvalue weighted by atomic mass is 9.98. The Bertz CT molecular complexity index is 842. The number of halogens is 1. The monoisotopic (exact) mass is 309 g/mol. The van der Waals surface area contributed by atoms with E-state index in [-0.39, 0.29) is 17.1 Å². The van der Waals surface area contributed by atoms with Gasteiger partial charge in [0, 0.05) is 0 Å². The number of aromatic amines is 1. The van der Waals surface area contributed by atoms with Gasteiger partial charge in [-0.2, -0.15) is 4.98 Å². The lowest BCUT2D eigenvalue weighted by Crippen LogP contribution is -2.34. The number of nitrogens with one attached hydrogen (secondary N) is 1. The number of rotatable bonds is 2. The van der Waals surface area contributed by atoms with Gasteiger partial charge in [0.05, 0.1) is 12.7 Å². The predicted octanol–water partition coefficient (Wildman–Crippen LogP) is -1.36. The van der Waals surface area contributed by atoms with Crippen LogP contribution in [0.5, 0.6) is 0 Å². The summed E-state index contributed by atoms with van der Waals surface area (Å²) in [7, 11) is 0. The number of aliphatic hydroxyl groups is 2. The Morgan fingerprint density at radius 3 is 3.09 bits per heavy atom. The molecule has 5 N–H and O–H groups in total. The van der Waals surface area contributed by atoms with Crippen molar-refractivity contribution >= 4 is 17.1 Å². The second-order valence-corrected chi connectivity index (χ2v) is 5.03. The summed E-state index contributed by atoms with van der Waals surface area (Å²) in [5, 5.41) is 19.5. The molecule has 3 heterocycles. The number of hydrogen-bond donors (Lipinski definition) is 4. The first-order valence-corrected chi connectivity index (χ1v) is 6.22. The van der Waals surface area contributed by atoms with E-state index in [1.807, 2.05) is 5.92 Å². The number of imidazole rings is 1. The van der Waals surface area contributed by atoms with Crippen molar-refractivity contribution in [2.24, 2.45) is 0 Å². The van der Waals surface area contributed by atoms with Gasteiger partial charge >= 0.3 is 0 Å². The molecule has 0 saturated carbocycles. The highest BCUT2D eigenvalue weighted by molar-refractivity contribution is 5.70. The number of hydrogen-bond acceptors (Lipinski definition) is 7. The number of fused-ring (bicyclic) bond motifs is 1. The van der Waals surface area contributed by atoms with Crippen LogP contribution in [0.4, 0.5) is 10.3 Å². The van der Waals surface area contributed by atoms with E-state index in [1.54, 1.807) is 0 Å². The van der Waals surface area contributed by atoms with Gasteiger partial charge in [0.1, 0.15) is 6.61 Å². The average Bonchev–Trinajstić information content (AvgIpc) is 2.99. The lowest BCUT2D eigenvalue weighted by Gasteiger charge is -2.23. The van der Waals surface area contributed by atoms with Crippen molar-refractivity contribution in [3.05, 3.63) is 16.7 Å². The molecule has 2 aromatic heterocycles. The third kappa shape index (κ3) is 1.95. The van der Waals surface area contributed by atoms with Crippen molar-refractivity contribution in [1.82, 2.24) is 19.5 Å². The number of nitrogens with zero attached hydrogens (tertiary/aromatic N) is 3. The summed E-state index contributed by atoms with van der Waals surface area (Å²) in [6.07, 6.45) is 4.33. The summed E-state index contributed by atoms with van der Waals surface area (Å²) < 4.78 is 20.4. The van der Waals surface area contributed by atoms with E-state index in [4.69, 9.17) is 22.0 Å². The largest absolute Gasteiger partial charge is 0.390 e. The van der Waals surface area contributed by atoms with Crippen LogP contribution in [0.25, 0.3) is 11.2 Å². The predicted molar refractivity (Wildman–Crippen MR) is 72.0 cm³/mol. The number of alkyl halides is 1. The minimum atomic E-state index is -2.52. The molecule has 1 saturated heterocycles. The van der Waals surface area contributed by atoms with Crippen molar-refractivity contribution < 1.29 is 19.3 Å². The third-order valence-electron chi connectivity index (χ3n) is 3.45. The first kappa shape index (κ1) is 14.5. The molecule has 3 rings (SSSR count). The van der Waals surface area contributed by atoms with Crippen LogP contribution in [0.2, 0.25) is 0 Å². The number of aliphatic hydroxyl groups excluding tert-OH is 1. The fourth-order valence-corrected chi connectivity index (χ4v) is 2.45. The number of ether oxygens (including phenoxy) is 1. The molecule has 0 aromatic carbocycles. The van der Waals surface area contributed by atoms with Gasteiger partial charge in [-0.3, -0.25) is 14.3 Å². The maximum Gasteiger partial charge on any atom is 0.280 e. The summed E-state index contributed by atoms with van der Waals surface area (Å²) in [4.78, 5) is 21.7. The molecule has 0 bridgehead atoms. The van der Waals surface area contributed by atoms with Crippen molar-refractivity contribution in [3.8, 4) is 12.3 Å². The van der Waals surface area contributed by atoms with Crippen LogP contribution in [0.1, 0.15) is 12.6 Å². The maximum absolute atomic E-state index is 14.3. The van der Waals surface area contributed by atoms with Gasteiger partial charge in [-0.05, 0) is 0 Å². The molecule has 1 aliphatic rings. The fourth-order valence-electron chi connectivity index (χ4n) is 2.45. The molecule has 9 nitrogen and oxygen atoms in total. The third-order valence-corrected chi connectivity index (χ3v) is 3.45. The van der Waals surface area contributed by atoms with Gasteiger partial charge in [0.15, 0.2) is 23.0 Å². The van der Waals surface area contributed by atoms with Gasteiger partial charge in [0.2, 0.25) is 11.8 Å². The number of anilines is 1. The van der Waals surface area contributed by atoms with Crippen LogP contribution in [0.3, 0.4) is 0 Å². The van der Waals surface area contributed by atoms with Crippen LogP contribution in [0, 0.1) is 12.3 Å². The molecule has 0 radical (unpaired) electrons. The van der Waals surface area contributed by atoms with Crippen LogP contribution >= 0.6 is 0 Å². The van der Waals surface area contributed by atoms with E-state index < -0.39 is 36.3 Å². The van der Waals surface area contributed by atoms with Crippen molar-refractivity contribution in [2.45, 2.75) is 24.1 Å². The zero-order valence-corrected chi connectivity index (χ0v) is 11.2. The molecule has 10 heteroatoms. The Hall–Kier alpha value is -2.48. The summed E-state index contributed by atoms with van der Waals surface area (Å²) >= 11 is 0. The van der Waals surface area contributed by atoms with Gasteiger partial charge in [0.25, 0.3) is 5.56 Å². The van der Waals surface area contributed by atoms with E-state index in [0.717, 1.165) is 10.9 Å². The van der Waals surface area contributed by atoms with Crippen LogP contribution < -0.4 is 11.3 Å². The van der Waals surface area contributed by atoms with E-state index in [0.29, 0.717) is 0 Å². The minimum Gasteiger partial charge on any atom is -0.390 e. The van der Waals surface area contributed by atoms with Gasteiger partial charge in [-0.15, -0.1) is 6.42 Å². The number of aromatic nitrogens is 4. The Morgan fingerprint density at radius 1 is 1.73 bits per heavy atom. The highest BCUT2D eigenvalue weighted by Crippen LogP contribution is 2.45. The Kier molecular flexibility index (Phi) is 2.96. The topological polar surface area (TPSA) is 139 Å². The van der Waals surface area contributed by atoms with E-state index in [1.165, 1.54) is 0 Å². The minimum absolute atomic E-state index is 0.0258. The molecule has 22 heavy (non-hydrogen) atoms. The second-order valence-electron chi connectivity index (χ2n) is 5.03. The number of nitrogens with two attached hydrogens (primary N) is 1. The molecule has 2 aromatic rings. The first-order chi connectivity index (χ1) is 10.3. The first-order valence-electron chi connectivity index (χ1n) is 6.22. The van der Waals surface area contributed by atoms with E-state index >= 15 is 0 Å².